The van der Waals surface area contributed by atoms with Crippen LogP contribution in [0.15, 0.2) is 54.7 Å². The maximum atomic E-state index is 6.22. The number of halogens is 2. The molecule has 0 saturated heterocycles. The van der Waals surface area contributed by atoms with Crippen LogP contribution in [-0.4, -0.2) is 21.2 Å². The lowest BCUT2D eigenvalue weighted by Crippen LogP contribution is -2.31. The van der Waals surface area contributed by atoms with Crippen molar-refractivity contribution in [3.8, 4) is 0 Å². The molecule has 0 aliphatic rings. The van der Waals surface area contributed by atoms with Crippen molar-refractivity contribution >= 4 is 40.7 Å². The quantitative estimate of drug-likeness (QED) is 0.618. The number of rotatable bonds is 6. The Morgan fingerprint density at radius 2 is 1.81 bits per heavy atom. The van der Waals surface area contributed by atoms with Gasteiger partial charge in [-0.25, -0.2) is 0 Å². The van der Waals surface area contributed by atoms with Crippen LogP contribution in [-0.2, 0) is 6.54 Å². The molecule has 0 atom stereocenters. The molecule has 3 aromatic rings. The first-order valence-corrected chi connectivity index (χ1v) is 9.01. The minimum atomic E-state index is 0.245. The molecule has 0 aliphatic carbocycles. The summed E-state index contributed by atoms with van der Waals surface area (Å²) in [5, 5.41) is 12.1. The van der Waals surface area contributed by atoms with E-state index in [9.17, 15) is 0 Å². The zero-order chi connectivity index (χ0) is 18.5. The van der Waals surface area contributed by atoms with E-state index in [-0.39, 0.29) is 6.04 Å². The van der Waals surface area contributed by atoms with Crippen LogP contribution in [0.25, 0.3) is 0 Å². The highest BCUT2D eigenvalue weighted by Crippen LogP contribution is 2.31. The molecule has 2 aromatic carbocycles. The van der Waals surface area contributed by atoms with E-state index in [1.54, 1.807) is 12.3 Å². The van der Waals surface area contributed by atoms with Gasteiger partial charge in [-0.15, -0.1) is 5.10 Å². The number of nitrogens with zero attached hydrogens (tertiary/aromatic N) is 4. The van der Waals surface area contributed by atoms with E-state index in [1.807, 2.05) is 30.3 Å². The smallest absolute Gasteiger partial charge is 0.249 e. The van der Waals surface area contributed by atoms with Gasteiger partial charge in [-0.05, 0) is 31.5 Å². The average molecular weight is 388 g/mol. The lowest BCUT2D eigenvalue weighted by atomic mass is 10.2. The molecule has 1 heterocycles. The van der Waals surface area contributed by atoms with Crippen molar-refractivity contribution in [1.29, 1.82) is 0 Å². The second-order valence-electron chi connectivity index (χ2n) is 6.07. The van der Waals surface area contributed by atoms with Gasteiger partial charge in [-0.2, -0.15) is 10.1 Å². The summed E-state index contributed by atoms with van der Waals surface area (Å²) in [4.78, 5) is 6.76. The van der Waals surface area contributed by atoms with Crippen LogP contribution in [0.3, 0.4) is 0 Å². The lowest BCUT2D eigenvalue weighted by Gasteiger charge is -2.27. The van der Waals surface area contributed by atoms with Crippen LogP contribution in [0.4, 0.5) is 17.5 Å². The minimum Gasteiger partial charge on any atom is -0.348 e. The van der Waals surface area contributed by atoms with Crippen molar-refractivity contribution in [2.75, 3.05) is 10.2 Å². The largest absolute Gasteiger partial charge is 0.348 e. The number of aromatic nitrogens is 3. The zero-order valence-electron chi connectivity index (χ0n) is 14.5. The van der Waals surface area contributed by atoms with Gasteiger partial charge in [0.2, 0.25) is 5.95 Å². The Kier molecular flexibility index (Phi) is 5.91. The third kappa shape index (κ3) is 4.42. The Labute approximate surface area is 163 Å². The maximum Gasteiger partial charge on any atom is 0.249 e. The van der Waals surface area contributed by atoms with Gasteiger partial charge in [0.15, 0.2) is 5.82 Å². The molecular formula is C19H19Cl2N5. The standard InChI is InChI=1S/C19H19Cl2N5/c1-13(2)26(12-14-7-4-3-5-8-14)17-11-22-25-19(24-17)23-16-10-6-9-15(20)18(16)21/h3-11,13H,12H2,1-2H3,(H,23,24,25). The number of anilines is 3. The molecule has 0 unspecified atom stereocenters. The van der Waals surface area contributed by atoms with Crippen LogP contribution in [0.1, 0.15) is 19.4 Å². The topological polar surface area (TPSA) is 53.9 Å². The molecule has 0 radical (unpaired) electrons. The Morgan fingerprint density at radius 1 is 1.04 bits per heavy atom. The zero-order valence-corrected chi connectivity index (χ0v) is 16.0. The molecule has 0 bridgehead atoms. The van der Waals surface area contributed by atoms with Crippen molar-refractivity contribution in [2.24, 2.45) is 0 Å². The monoisotopic (exact) mass is 387 g/mol. The highest BCUT2D eigenvalue weighted by atomic mass is 35.5. The Morgan fingerprint density at radius 3 is 2.54 bits per heavy atom. The molecule has 0 amide bonds. The van der Waals surface area contributed by atoms with Crippen molar-refractivity contribution in [3.63, 3.8) is 0 Å². The molecular weight excluding hydrogens is 369 g/mol. The molecule has 0 fully saturated rings. The van der Waals surface area contributed by atoms with Crippen LogP contribution >= 0.6 is 23.2 Å². The first-order valence-electron chi connectivity index (χ1n) is 8.26. The fourth-order valence-electron chi connectivity index (χ4n) is 2.52. The Bertz CT molecular complexity index is 871. The summed E-state index contributed by atoms with van der Waals surface area (Å²) in [6.07, 6.45) is 1.66. The van der Waals surface area contributed by atoms with E-state index < -0.39 is 0 Å². The average Bonchev–Trinajstić information content (AvgIpc) is 2.64. The molecule has 134 valence electrons. The number of hydrogen-bond donors (Lipinski definition) is 1. The van der Waals surface area contributed by atoms with Crippen LogP contribution in [0.5, 0.6) is 0 Å². The molecule has 0 saturated carbocycles. The SMILES string of the molecule is CC(C)N(Cc1ccccc1)c1cnnc(Nc2cccc(Cl)c2Cl)n1. The van der Waals surface area contributed by atoms with Gasteiger partial charge >= 0.3 is 0 Å². The summed E-state index contributed by atoms with van der Waals surface area (Å²) >= 11 is 12.3. The van der Waals surface area contributed by atoms with Gasteiger partial charge in [0, 0.05) is 12.6 Å². The van der Waals surface area contributed by atoms with Crippen molar-refractivity contribution in [2.45, 2.75) is 26.4 Å². The minimum absolute atomic E-state index is 0.245. The van der Waals surface area contributed by atoms with E-state index in [4.69, 9.17) is 23.2 Å². The van der Waals surface area contributed by atoms with Gasteiger partial charge in [-0.3, -0.25) is 0 Å². The summed E-state index contributed by atoms with van der Waals surface area (Å²) in [5.74, 6) is 1.10. The number of benzene rings is 2. The summed E-state index contributed by atoms with van der Waals surface area (Å²) < 4.78 is 0. The first-order chi connectivity index (χ1) is 12.5. The van der Waals surface area contributed by atoms with E-state index in [1.165, 1.54) is 5.56 Å². The van der Waals surface area contributed by atoms with Crippen molar-refractivity contribution in [1.82, 2.24) is 15.2 Å². The van der Waals surface area contributed by atoms with Crippen molar-refractivity contribution < 1.29 is 0 Å². The van der Waals surface area contributed by atoms with E-state index in [0.717, 1.165) is 12.4 Å². The predicted molar refractivity (Wildman–Crippen MR) is 107 cm³/mol. The molecule has 5 nitrogen and oxygen atoms in total. The van der Waals surface area contributed by atoms with Gasteiger partial charge in [0.1, 0.15) is 0 Å². The molecule has 1 N–H and O–H groups in total. The number of nitrogens with one attached hydrogen (secondary N) is 1. The third-order valence-electron chi connectivity index (χ3n) is 3.86. The van der Waals surface area contributed by atoms with Gasteiger partial charge < -0.3 is 10.2 Å². The van der Waals surface area contributed by atoms with E-state index >= 15 is 0 Å². The van der Waals surface area contributed by atoms with E-state index in [2.05, 4.69) is 51.4 Å². The first kappa shape index (κ1) is 18.4. The highest BCUT2D eigenvalue weighted by molar-refractivity contribution is 6.43. The van der Waals surface area contributed by atoms with Crippen LogP contribution in [0.2, 0.25) is 10.0 Å². The highest BCUT2D eigenvalue weighted by Gasteiger charge is 2.15. The van der Waals surface area contributed by atoms with Crippen LogP contribution < -0.4 is 10.2 Å². The van der Waals surface area contributed by atoms with Gasteiger partial charge in [0.05, 0.1) is 21.9 Å². The summed E-state index contributed by atoms with van der Waals surface area (Å²) in [6.45, 7) is 4.96. The molecule has 0 aliphatic heterocycles. The summed E-state index contributed by atoms with van der Waals surface area (Å²) in [6, 6.07) is 15.8. The summed E-state index contributed by atoms with van der Waals surface area (Å²) in [7, 11) is 0. The molecule has 3 rings (SSSR count). The second kappa shape index (κ2) is 8.34. The van der Waals surface area contributed by atoms with Gasteiger partial charge in [0.25, 0.3) is 0 Å². The summed E-state index contributed by atoms with van der Waals surface area (Å²) in [5.41, 5.74) is 1.84. The Hall–Kier alpha value is -2.37. The van der Waals surface area contributed by atoms with Gasteiger partial charge in [-0.1, -0.05) is 59.6 Å². The van der Waals surface area contributed by atoms with Crippen molar-refractivity contribution in [3.05, 3.63) is 70.3 Å². The van der Waals surface area contributed by atoms with Crippen LogP contribution in [0, 0.1) is 0 Å². The fourth-order valence-corrected chi connectivity index (χ4v) is 2.86. The van der Waals surface area contributed by atoms with E-state index in [0.29, 0.717) is 21.7 Å². The molecule has 7 heteroatoms. The molecule has 1 aromatic heterocycles. The fraction of sp³-hybridized carbons (Fsp3) is 0.211. The predicted octanol–water partition coefficient (Wildman–Crippen LogP) is 5.34. The maximum absolute atomic E-state index is 6.22. The normalized spacial score (nSPS) is 10.8. The number of hydrogen-bond acceptors (Lipinski definition) is 5. The Balaban J connectivity index is 1.85. The lowest BCUT2D eigenvalue weighted by molar-refractivity contribution is 0.668. The third-order valence-corrected chi connectivity index (χ3v) is 4.68. The second-order valence-corrected chi connectivity index (χ2v) is 6.86. The molecule has 26 heavy (non-hydrogen) atoms. The molecule has 0 spiro atoms.